The van der Waals surface area contributed by atoms with Crippen molar-refractivity contribution in [3.63, 3.8) is 0 Å². The average molecular weight is 325 g/mol. The number of carbonyl (C=O) groups excluding carboxylic acids is 1. The minimum Gasteiger partial charge on any atom is -1.00 e. The van der Waals surface area contributed by atoms with E-state index in [1.54, 1.807) is 12.1 Å². The van der Waals surface area contributed by atoms with Gasteiger partial charge < -0.3 is 21.7 Å². The Morgan fingerprint density at radius 3 is 2.53 bits per heavy atom. The highest BCUT2D eigenvalue weighted by atomic mass is 79.9. The molecule has 0 saturated carbocycles. The lowest BCUT2D eigenvalue weighted by atomic mass is 10.1. The lowest BCUT2D eigenvalue weighted by Gasteiger charge is -2.03. The van der Waals surface area contributed by atoms with Crippen LogP contribution in [-0.4, -0.2) is 17.0 Å². The maximum absolute atomic E-state index is 12.0. The molecule has 0 saturated heterocycles. The van der Waals surface area contributed by atoms with Gasteiger partial charge in [0.05, 0.1) is 13.7 Å². The summed E-state index contributed by atoms with van der Waals surface area (Å²) in [5.41, 5.74) is 0.704. The van der Waals surface area contributed by atoms with Crippen LogP contribution in [0.5, 0.6) is 5.75 Å². The van der Waals surface area contributed by atoms with Crippen molar-refractivity contribution in [1.29, 1.82) is 0 Å². The number of Topliss-reactive ketones (excluding diaryl/α,β-unsaturated/α-hetero) is 1. The van der Waals surface area contributed by atoms with E-state index in [-0.39, 0.29) is 22.8 Å². The summed E-state index contributed by atoms with van der Waals surface area (Å²) in [4.78, 5) is 12.0. The average Bonchev–Trinajstić information content (AvgIpc) is 2.76. The van der Waals surface area contributed by atoms with Crippen LogP contribution in [0, 0.1) is 0 Å². The molecule has 0 aliphatic carbocycles. The smallest absolute Gasteiger partial charge is 0.243 e. The number of rotatable bonds is 5. The highest BCUT2D eigenvalue weighted by Crippen LogP contribution is 2.12. The van der Waals surface area contributed by atoms with Crippen LogP contribution in [-0.2, 0) is 13.6 Å². The first-order valence-electron chi connectivity index (χ1n) is 5.96. The van der Waals surface area contributed by atoms with Crippen molar-refractivity contribution in [3.8, 4) is 5.75 Å². The summed E-state index contributed by atoms with van der Waals surface area (Å²) in [6.07, 6.45) is 5.67. The molecule has 2 aromatic rings. The van der Waals surface area contributed by atoms with E-state index in [0.717, 1.165) is 5.75 Å². The van der Waals surface area contributed by atoms with E-state index < -0.39 is 0 Å². The standard InChI is InChI=1S/C14H17N2O2.BrH/c1-3-18-13-6-4-12(5-7-13)14(17)10-16-9-8-15(2)11-16;/h4-9,11H,3,10H2,1-2H3;1H/q+1;/p-1. The third-order valence-electron chi connectivity index (χ3n) is 2.64. The van der Waals surface area contributed by atoms with Crippen LogP contribution in [0.3, 0.4) is 0 Å². The van der Waals surface area contributed by atoms with Crippen molar-refractivity contribution in [2.24, 2.45) is 7.05 Å². The summed E-state index contributed by atoms with van der Waals surface area (Å²) >= 11 is 0. The predicted molar refractivity (Wildman–Crippen MR) is 67.5 cm³/mol. The number of halogens is 1. The summed E-state index contributed by atoms with van der Waals surface area (Å²) in [5, 5.41) is 0. The van der Waals surface area contributed by atoms with Crippen LogP contribution in [0.15, 0.2) is 43.0 Å². The molecule has 0 atom stereocenters. The monoisotopic (exact) mass is 324 g/mol. The number of nitrogens with zero attached hydrogens (tertiary/aromatic N) is 2. The van der Waals surface area contributed by atoms with E-state index in [2.05, 4.69) is 0 Å². The maximum atomic E-state index is 12.0. The maximum Gasteiger partial charge on any atom is 0.243 e. The molecule has 0 unspecified atom stereocenters. The van der Waals surface area contributed by atoms with Gasteiger partial charge in [-0.3, -0.25) is 4.79 Å². The van der Waals surface area contributed by atoms with Gasteiger partial charge in [0.15, 0.2) is 6.54 Å². The number of hydrogen-bond acceptors (Lipinski definition) is 2. The van der Waals surface area contributed by atoms with E-state index in [0.29, 0.717) is 18.7 Å². The van der Waals surface area contributed by atoms with E-state index in [1.807, 2.05) is 54.0 Å². The van der Waals surface area contributed by atoms with Crippen molar-refractivity contribution in [2.45, 2.75) is 13.5 Å². The second kappa shape index (κ2) is 7.09. The van der Waals surface area contributed by atoms with Gasteiger partial charge in [0.1, 0.15) is 18.1 Å². The Labute approximate surface area is 123 Å². The van der Waals surface area contributed by atoms with Crippen molar-refractivity contribution in [1.82, 2.24) is 4.57 Å². The summed E-state index contributed by atoms with van der Waals surface area (Å²) in [5.74, 6) is 0.885. The fourth-order valence-corrected chi connectivity index (χ4v) is 1.76. The topological polar surface area (TPSA) is 35.1 Å². The quantitative estimate of drug-likeness (QED) is 0.501. The van der Waals surface area contributed by atoms with E-state index in [4.69, 9.17) is 4.74 Å². The summed E-state index contributed by atoms with van der Waals surface area (Å²) in [6.45, 7) is 2.92. The molecule has 0 fully saturated rings. The fraction of sp³-hybridized carbons (Fsp3) is 0.286. The van der Waals surface area contributed by atoms with Gasteiger partial charge in [0, 0.05) is 5.56 Å². The van der Waals surface area contributed by atoms with Gasteiger partial charge in [0.25, 0.3) is 0 Å². The molecule has 0 amide bonds. The number of ether oxygens (including phenoxy) is 1. The molecule has 102 valence electrons. The Hall–Kier alpha value is -1.62. The second-order valence-corrected chi connectivity index (χ2v) is 4.13. The summed E-state index contributed by atoms with van der Waals surface area (Å²) in [6, 6.07) is 7.26. The third kappa shape index (κ3) is 4.21. The van der Waals surface area contributed by atoms with Crippen molar-refractivity contribution >= 4 is 5.78 Å². The van der Waals surface area contributed by atoms with Gasteiger partial charge in [-0.15, -0.1) is 0 Å². The normalized spacial score (nSPS) is 9.79. The number of hydrogen-bond donors (Lipinski definition) is 0. The van der Waals surface area contributed by atoms with Crippen molar-refractivity contribution in [2.75, 3.05) is 6.61 Å². The number of aryl methyl sites for hydroxylation is 1. The minimum absolute atomic E-state index is 0. The van der Waals surface area contributed by atoms with Gasteiger partial charge in [-0.25, -0.2) is 9.13 Å². The summed E-state index contributed by atoms with van der Waals surface area (Å²) < 4.78 is 9.11. The fourth-order valence-electron chi connectivity index (χ4n) is 1.76. The highest BCUT2D eigenvalue weighted by Gasteiger charge is 2.10. The van der Waals surface area contributed by atoms with Crippen LogP contribution in [0.1, 0.15) is 17.3 Å². The van der Waals surface area contributed by atoms with Gasteiger partial charge >= 0.3 is 0 Å². The molecule has 0 aliphatic rings. The molecule has 1 heterocycles. The van der Waals surface area contributed by atoms with E-state index in [9.17, 15) is 4.79 Å². The molecule has 0 N–H and O–H groups in total. The molecular formula is C14H17BrN2O2. The zero-order valence-electron chi connectivity index (χ0n) is 11.0. The Bertz CT molecular complexity index is 535. The Morgan fingerprint density at radius 2 is 2.00 bits per heavy atom. The van der Waals surface area contributed by atoms with Crippen LogP contribution in [0.4, 0.5) is 0 Å². The molecular weight excluding hydrogens is 308 g/mol. The van der Waals surface area contributed by atoms with Crippen LogP contribution in [0.2, 0.25) is 0 Å². The predicted octanol–water partition coefficient (Wildman–Crippen LogP) is -1.40. The molecule has 1 aromatic carbocycles. The first-order valence-corrected chi connectivity index (χ1v) is 5.96. The SMILES string of the molecule is CCOc1ccc(C(=O)C[n+]2ccn(C)c2)cc1.[Br-]. The van der Waals surface area contributed by atoms with Gasteiger partial charge in [-0.1, -0.05) is 0 Å². The van der Waals surface area contributed by atoms with Crippen molar-refractivity contribution < 1.29 is 31.1 Å². The van der Waals surface area contributed by atoms with E-state index in [1.165, 1.54) is 0 Å². The minimum atomic E-state index is 0. The number of carbonyl (C=O) groups is 1. The number of imidazole rings is 1. The molecule has 1 aromatic heterocycles. The molecule has 4 nitrogen and oxygen atoms in total. The Kier molecular flexibility index (Phi) is 5.76. The molecule has 0 spiro atoms. The molecule has 0 aliphatic heterocycles. The van der Waals surface area contributed by atoms with Gasteiger partial charge in [-0.05, 0) is 31.2 Å². The number of aromatic nitrogens is 2. The van der Waals surface area contributed by atoms with Crippen molar-refractivity contribution in [3.05, 3.63) is 48.5 Å². The molecule has 0 radical (unpaired) electrons. The van der Waals surface area contributed by atoms with Gasteiger partial charge in [0.2, 0.25) is 12.1 Å². The molecule has 2 rings (SSSR count). The van der Waals surface area contributed by atoms with Gasteiger partial charge in [-0.2, -0.15) is 0 Å². The largest absolute Gasteiger partial charge is 1.00 e. The highest BCUT2D eigenvalue weighted by molar-refractivity contribution is 5.95. The Morgan fingerprint density at radius 1 is 1.32 bits per heavy atom. The number of ketones is 1. The molecule has 19 heavy (non-hydrogen) atoms. The van der Waals surface area contributed by atoms with E-state index >= 15 is 0 Å². The van der Waals surface area contributed by atoms with Crippen LogP contribution < -0.4 is 26.3 Å². The third-order valence-corrected chi connectivity index (χ3v) is 2.64. The Balaban J connectivity index is 0.00000180. The first-order chi connectivity index (χ1) is 8.69. The van der Waals surface area contributed by atoms with Crippen LogP contribution in [0.25, 0.3) is 0 Å². The zero-order chi connectivity index (χ0) is 13.0. The lowest BCUT2D eigenvalue weighted by Crippen LogP contribution is -3.00. The van der Waals surface area contributed by atoms with Crippen LogP contribution >= 0.6 is 0 Å². The number of benzene rings is 1. The zero-order valence-corrected chi connectivity index (χ0v) is 12.6. The lowest BCUT2D eigenvalue weighted by molar-refractivity contribution is -0.682. The molecule has 0 bridgehead atoms. The second-order valence-electron chi connectivity index (χ2n) is 4.13. The first kappa shape index (κ1) is 15.4. The molecule has 5 heteroatoms. The summed E-state index contributed by atoms with van der Waals surface area (Å²) in [7, 11) is 1.93.